The van der Waals surface area contributed by atoms with Gasteiger partial charge in [0.15, 0.2) is 0 Å². The Bertz CT molecular complexity index is 188. The molecule has 0 amide bonds. The first-order chi connectivity index (χ1) is 7.81. The molecule has 0 unspecified atom stereocenters. The molecule has 0 aliphatic heterocycles. The van der Waals surface area contributed by atoms with Gasteiger partial charge in [0.2, 0.25) is 0 Å². The van der Waals surface area contributed by atoms with Crippen LogP contribution in [0.4, 0.5) is 4.79 Å². The molecule has 0 aliphatic carbocycles. The van der Waals surface area contributed by atoms with Crippen molar-refractivity contribution >= 4 is 25.0 Å². The minimum absolute atomic E-state index is 0.297. The van der Waals surface area contributed by atoms with E-state index in [9.17, 15) is 4.79 Å². The van der Waals surface area contributed by atoms with E-state index in [1.54, 1.807) is 0 Å². The quantitative estimate of drug-likeness (QED) is 0.270. The average Bonchev–Trinajstić information content (AvgIpc) is 2.30. The highest BCUT2D eigenvalue weighted by Crippen LogP contribution is 2.04. The Hall–Kier alpha value is -0.710. The molecule has 0 rings (SSSR count). The second-order valence-electron chi connectivity index (χ2n) is 3.43. The second kappa shape index (κ2) is 12.4. The van der Waals surface area contributed by atoms with Crippen molar-refractivity contribution in [1.29, 1.82) is 5.41 Å². The minimum Gasteiger partial charge on any atom is -0.434 e. The number of carbonyl (C=O) groups excluding carboxylic acids is 1. The van der Waals surface area contributed by atoms with Crippen LogP contribution in [0, 0.1) is 5.41 Å². The summed E-state index contributed by atoms with van der Waals surface area (Å²) in [5.74, 6) is 0.516. The van der Waals surface area contributed by atoms with Crippen molar-refractivity contribution in [3.63, 3.8) is 0 Å². The molecule has 0 heterocycles. The molecular formula is C11H21NO3S. The van der Waals surface area contributed by atoms with E-state index >= 15 is 0 Å². The van der Waals surface area contributed by atoms with Crippen LogP contribution in [0.3, 0.4) is 0 Å². The van der Waals surface area contributed by atoms with Crippen molar-refractivity contribution in [1.82, 2.24) is 0 Å². The number of hydrogen-bond acceptors (Lipinski definition) is 5. The van der Waals surface area contributed by atoms with Crippen LogP contribution in [0.2, 0.25) is 0 Å². The largest absolute Gasteiger partial charge is 0.508 e. The van der Waals surface area contributed by atoms with Gasteiger partial charge in [-0.1, -0.05) is 19.3 Å². The summed E-state index contributed by atoms with van der Waals surface area (Å²) in [7, 11) is 0. The number of nitrogens with one attached hydrogen (secondary N) is 1. The van der Waals surface area contributed by atoms with Gasteiger partial charge in [-0.2, -0.15) is 12.6 Å². The Morgan fingerprint density at radius 2 is 1.69 bits per heavy atom. The Morgan fingerprint density at radius 1 is 1.06 bits per heavy atom. The van der Waals surface area contributed by atoms with Crippen molar-refractivity contribution in [3.8, 4) is 0 Å². The van der Waals surface area contributed by atoms with Gasteiger partial charge >= 0.3 is 6.16 Å². The number of hydrogen-bond donors (Lipinski definition) is 2. The van der Waals surface area contributed by atoms with Crippen molar-refractivity contribution in [2.75, 3.05) is 19.0 Å². The number of unbranched alkanes of at least 4 members (excludes halogenated alkanes) is 5. The molecule has 4 nitrogen and oxygen atoms in total. The first-order valence-electron chi connectivity index (χ1n) is 5.70. The van der Waals surface area contributed by atoms with Crippen molar-refractivity contribution in [2.45, 2.75) is 38.5 Å². The molecule has 0 radical (unpaired) electrons. The van der Waals surface area contributed by atoms with E-state index in [2.05, 4.69) is 17.4 Å². The van der Waals surface area contributed by atoms with Crippen LogP contribution < -0.4 is 0 Å². The Kier molecular flexibility index (Phi) is 11.8. The molecule has 0 atom stereocenters. The molecule has 0 aliphatic rings. The molecule has 0 aromatic rings. The third kappa shape index (κ3) is 11.4. The first-order valence-corrected chi connectivity index (χ1v) is 6.34. The van der Waals surface area contributed by atoms with Crippen LogP contribution in [0.1, 0.15) is 38.5 Å². The second-order valence-corrected chi connectivity index (χ2v) is 3.88. The van der Waals surface area contributed by atoms with E-state index < -0.39 is 6.16 Å². The molecule has 16 heavy (non-hydrogen) atoms. The molecule has 0 bridgehead atoms. The number of rotatable bonds is 10. The zero-order valence-electron chi connectivity index (χ0n) is 9.61. The van der Waals surface area contributed by atoms with Crippen LogP contribution in [-0.4, -0.2) is 31.3 Å². The van der Waals surface area contributed by atoms with E-state index in [0.717, 1.165) is 38.5 Å². The van der Waals surface area contributed by atoms with Crippen LogP contribution in [0.15, 0.2) is 0 Å². The van der Waals surface area contributed by atoms with Crippen LogP contribution in [0.5, 0.6) is 0 Å². The van der Waals surface area contributed by atoms with E-state index in [0.29, 0.717) is 19.0 Å². The Labute approximate surface area is 103 Å². The highest BCUT2D eigenvalue weighted by molar-refractivity contribution is 7.80. The molecule has 0 saturated carbocycles. The van der Waals surface area contributed by atoms with E-state index in [1.807, 2.05) is 0 Å². The van der Waals surface area contributed by atoms with Gasteiger partial charge in [-0.05, 0) is 25.5 Å². The predicted molar refractivity (Wildman–Crippen MR) is 67.6 cm³/mol. The third-order valence-electron chi connectivity index (χ3n) is 2.02. The lowest BCUT2D eigenvalue weighted by Crippen LogP contribution is -2.09. The number of carbonyl (C=O) groups is 1. The third-order valence-corrected chi connectivity index (χ3v) is 2.21. The lowest BCUT2D eigenvalue weighted by Gasteiger charge is -2.04. The van der Waals surface area contributed by atoms with E-state index in [4.69, 9.17) is 10.1 Å². The molecule has 94 valence electrons. The fourth-order valence-corrected chi connectivity index (χ4v) is 1.30. The lowest BCUT2D eigenvalue weighted by atomic mass is 10.1. The molecule has 0 aromatic heterocycles. The smallest absolute Gasteiger partial charge is 0.434 e. The molecule has 0 fully saturated rings. The van der Waals surface area contributed by atoms with Gasteiger partial charge in [-0.3, -0.25) is 0 Å². The summed E-state index contributed by atoms with van der Waals surface area (Å²) in [5, 5.41) is 6.85. The van der Waals surface area contributed by atoms with Crippen molar-refractivity contribution < 1.29 is 14.3 Å². The van der Waals surface area contributed by atoms with Gasteiger partial charge in [-0.25, -0.2) is 4.79 Å². The standard InChI is InChI=1S/C11H21NO3S/c12-7-5-3-1-2-4-6-8-14-11(13)15-9-10-16/h7,12,16H,1-6,8-10H2. The highest BCUT2D eigenvalue weighted by Gasteiger charge is 2.01. The van der Waals surface area contributed by atoms with Crippen molar-refractivity contribution in [2.24, 2.45) is 0 Å². The molecule has 5 heteroatoms. The van der Waals surface area contributed by atoms with E-state index in [-0.39, 0.29) is 0 Å². The summed E-state index contributed by atoms with van der Waals surface area (Å²) < 4.78 is 9.53. The van der Waals surface area contributed by atoms with Crippen LogP contribution >= 0.6 is 12.6 Å². The Balaban J connectivity index is 3.08. The number of thiol groups is 1. The van der Waals surface area contributed by atoms with Crippen LogP contribution in [-0.2, 0) is 9.47 Å². The fourth-order valence-electron chi connectivity index (χ4n) is 1.20. The summed E-state index contributed by atoms with van der Waals surface area (Å²) in [6.07, 6.45) is 6.99. The summed E-state index contributed by atoms with van der Waals surface area (Å²) in [4.78, 5) is 10.9. The monoisotopic (exact) mass is 247 g/mol. The SMILES string of the molecule is N=CCCCCCCCOC(=O)OCCS. The normalized spacial score (nSPS) is 9.81. The van der Waals surface area contributed by atoms with Gasteiger partial charge in [0.25, 0.3) is 0 Å². The summed E-state index contributed by atoms with van der Waals surface area (Å²) in [5.41, 5.74) is 0. The van der Waals surface area contributed by atoms with Crippen molar-refractivity contribution in [3.05, 3.63) is 0 Å². The van der Waals surface area contributed by atoms with Gasteiger partial charge in [-0.15, -0.1) is 0 Å². The zero-order valence-corrected chi connectivity index (χ0v) is 10.5. The van der Waals surface area contributed by atoms with Gasteiger partial charge in [0, 0.05) is 5.75 Å². The Morgan fingerprint density at radius 3 is 2.38 bits per heavy atom. The maximum absolute atomic E-state index is 10.9. The fraction of sp³-hybridized carbons (Fsp3) is 0.818. The van der Waals surface area contributed by atoms with Gasteiger partial charge in [0.1, 0.15) is 6.61 Å². The maximum atomic E-state index is 10.9. The molecule has 0 saturated heterocycles. The molecule has 0 aromatic carbocycles. The molecule has 1 N–H and O–H groups in total. The maximum Gasteiger partial charge on any atom is 0.508 e. The van der Waals surface area contributed by atoms with Gasteiger partial charge < -0.3 is 14.9 Å². The van der Waals surface area contributed by atoms with Gasteiger partial charge in [0.05, 0.1) is 6.61 Å². The molecular weight excluding hydrogens is 226 g/mol. The zero-order chi connectivity index (χ0) is 12.1. The summed E-state index contributed by atoms with van der Waals surface area (Å²) in [6.45, 7) is 0.724. The predicted octanol–water partition coefficient (Wildman–Crippen LogP) is 3.06. The molecule has 0 spiro atoms. The van der Waals surface area contributed by atoms with E-state index in [1.165, 1.54) is 6.21 Å². The highest BCUT2D eigenvalue weighted by atomic mass is 32.1. The van der Waals surface area contributed by atoms with Crippen LogP contribution in [0.25, 0.3) is 0 Å². The lowest BCUT2D eigenvalue weighted by molar-refractivity contribution is 0.0586. The summed E-state index contributed by atoms with van der Waals surface area (Å²) in [6, 6.07) is 0. The number of ether oxygens (including phenoxy) is 2. The first kappa shape index (κ1) is 15.3. The summed E-state index contributed by atoms with van der Waals surface area (Å²) >= 11 is 3.91. The topological polar surface area (TPSA) is 59.4 Å². The minimum atomic E-state index is -0.599. The average molecular weight is 247 g/mol.